The standard InChI is InChI=1S/C21H36N7/c1-24(2)13-7-15-28(16-8-14-25(3)4)20-11-9-19(10-12-20)22-23-21-26(5)17-18-27(21)6/h9-12,17-18H,7-8,13-16H2,1-6H3/q+1/p+2. The molecule has 1 aromatic carbocycles. The molecule has 0 atom stereocenters. The topological polar surface area (TPSA) is 45.6 Å². The highest BCUT2D eigenvalue weighted by atomic mass is 15.3. The van der Waals surface area contributed by atoms with Gasteiger partial charge in [-0.15, -0.1) is 0 Å². The number of quaternary nitrogens is 2. The van der Waals surface area contributed by atoms with Crippen molar-refractivity contribution in [3.05, 3.63) is 36.7 Å². The number of imidazole rings is 1. The fraction of sp³-hybridized carbons (Fsp3) is 0.571. The van der Waals surface area contributed by atoms with Gasteiger partial charge in [0.25, 0.3) is 0 Å². The molecule has 0 unspecified atom stereocenters. The second-order valence-corrected chi connectivity index (χ2v) is 8.14. The Morgan fingerprint density at radius 1 is 0.929 bits per heavy atom. The minimum Gasteiger partial charge on any atom is -0.371 e. The van der Waals surface area contributed by atoms with Gasteiger partial charge in [-0.05, 0) is 24.3 Å². The van der Waals surface area contributed by atoms with Crippen LogP contribution in [0.2, 0.25) is 0 Å². The minimum absolute atomic E-state index is 0.822. The third-order valence-electron chi connectivity index (χ3n) is 4.82. The van der Waals surface area contributed by atoms with E-state index in [9.17, 15) is 0 Å². The maximum Gasteiger partial charge on any atom is 0.421 e. The summed E-state index contributed by atoms with van der Waals surface area (Å²) in [5.74, 6) is 0.822. The molecule has 1 aromatic heterocycles. The highest BCUT2D eigenvalue weighted by Gasteiger charge is 2.11. The van der Waals surface area contributed by atoms with Crippen LogP contribution in [-0.2, 0) is 14.1 Å². The van der Waals surface area contributed by atoms with Crippen molar-refractivity contribution in [1.29, 1.82) is 0 Å². The van der Waals surface area contributed by atoms with Gasteiger partial charge >= 0.3 is 5.95 Å². The second kappa shape index (κ2) is 10.9. The van der Waals surface area contributed by atoms with E-state index >= 15 is 0 Å². The van der Waals surface area contributed by atoms with E-state index in [-0.39, 0.29) is 0 Å². The highest BCUT2D eigenvalue weighted by molar-refractivity contribution is 5.52. The maximum atomic E-state index is 4.40. The number of anilines is 1. The first-order valence-corrected chi connectivity index (χ1v) is 10.2. The summed E-state index contributed by atoms with van der Waals surface area (Å²) in [4.78, 5) is 5.51. The van der Waals surface area contributed by atoms with Crippen molar-refractivity contribution in [1.82, 2.24) is 4.57 Å². The van der Waals surface area contributed by atoms with Crippen LogP contribution in [0.3, 0.4) is 0 Å². The van der Waals surface area contributed by atoms with Gasteiger partial charge in [0.05, 0.1) is 67.8 Å². The molecule has 0 bridgehead atoms. The van der Waals surface area contributed by atoms with E-state index in [4.69, 9.17) is 0 Å². The fourth-order valence-electron chi connectivity index (χ4n) is 3.17. The number of azo groups is 1. The number of benzene rings is 1. The number of rotatable bonds is 11. The molecule has 0 saturated heterocycles. The lowest BCUT2D eigenvalue weighted by atomic mass is 10.2. The number of aryl methyl sites for hydroxylation is 2. The van der Waals surface area contributed by atoms with Crippen LogP contribution >= 0.6 is 0 Å². The molecule has 0 saturated carbocycles. The molecular formula is C21H38N7+3. The summed E-state index contributed by atoms with van der Waals surface area (Å²) in [5.41, 5.74) is 2.14. The number of hydrogen-bond donors (Lipinski definition) is 2. The van der Waals surface area contributed by atoms with E-state index in [0.29, 0.717) is 0 Å². The molecule has 2 aromatic rings. The number of nitrogens with zero attached hydrogens (tertiary/aromatic N) is 5. The van der Waals surface area contributed by atoms with Crippen molar-refractivity contribution in [2.24, 2.45) is 24.3 Å². The summed E-state index contributed by atoms with van der Waals surface area (Å²) in [6, 6.07) is 8.46. The van der Waals surface area contributed by atoms with Gasteiger partial charge in [-0.1, -0.05) is 5.11 Å². The van der Waals surface area contributed by atoms with Gasteiger partial charge in [0.2, 0.25) is 0 Å². The first-order chi connectivity index (χ1) is 13.4. The van der Waals surface area contributed by atoms with Gasteiger partial charge in [0.1, 0.15) is 5.69 Å². The Morgan fingerprint density at radius 3 is 1.96 bits per heavy atom. The molecule has 0 spiro atoms. The Bertz CT molecular complexity index is 698. The number of aromatic nitrogens is 2. The van der Waals surface area contributed by atoms with Crippen LogP contribution in [0, 0.1) is 0 Å². The zero-order valence-corrected chi connectivity index (χ0v) is 18.4. The van der Waals surface area contributed by atoms with Gasteiger partial charge in [-0.25, -0.2) is 9.13 Å². The summed E-state index contributed by atoms with van der Waals surface area (Å²) in [6.45, 7) is 4.56. The van der Waals surface area contributed by atoms with Crippen molar-refractivity contribution >= 4 is 17.3 Å². The summed E-state index contributed by atoms with van der Waals surface area (Å²) < 4.78 is 3.91. The van der Waals surface area contributed by atoms with Gasteiger partial charge in [-0.2, -0.15) is 0 Å². The van der Waals surface area contributed by atoms with Gasteiger partial charge in [0, 0.05) is 36.7 Å². The van der Waals surface area contributed by atoms with E-state index in [1.54, 1.807) is 0 Å². The van der Waals surface area contributed by atoms with Crippen LogP contribution < -0.4 is 19.3 Å². The Kier molecular flexibility index (Phi) is 8.60. The van der Waals surface area contributed by atoms with Crippen molar-refractivity contribution in [2.75, 3.05) is 59.3 Å². The zero-order chi connectivity index (χ0) is 20.5. The molecule has 7 nitrogen and oxygen atoms in total. The third-order valence-corrected chi connectivity index (χ3v) is 4.82. The average molecular weight is 389 g/mol. The van der Waals surface area contributed by atoms with Crippen LogP contribution in [0.25, 0.3) is 0 Å². The first-order valence-electron chi connectivity index (χ1n) is 10.2. The molecule has 154 valence electrons. The number of nitrogens with one attached hydrogen (secondary N) is 2. The Morgan fingerprint density at radius 2 is 1.50 bits per heavy atom. The van der Waals surface area contributed by atoms with Crippen molar-refractivity contribution in [3.8, 4) is 0 Å². The second-order valence-electron chi connectivity index (χ2n) is 8.14. The largest absolute Gasteiger partial charge is 0.421 e. The quantitative estimate of drug-likeness (QED) is 0.418. The predicted octanol–water partition coefficient (Wildman–Crippen LogP) is 0.141. The van der Waals surface area contributed by atoms with Crippen LogP contribution in [-0.4, -0.2) is 58.9 Å². The van der Waals surface area contributed by atoms with Gasteiger partial charge in [-0.3, -0.25) is 0 Å². The van der Waals surface area contributed by atoms with Crippen LogP contribution in [0.5, 0.6) is 0 Å². The van der Waals surface area contributed by atoms with Crippen LogP contribution in [0.1, 0.15) is 12.8 Å². The highest BCUT2D eigenvalue weighted by Crippen LogP contribution is 2.21. The molecule has 0 radical (unpaired) electrons. The monoisotopic (exact) mass is 388 g/mol. The molecule has 0 aliphatic heterocycles. The summed E-state index contributed by atoms with van der Waals surface area (Å²) in [5, 5.41) is 8.78. The summed E-state index contributed by atoms with van der Waals surface area (Å²) in [7, 11) is 12.8. The molecule has 7 heteroatoms. The van der Waals surface area contributed by atoms with Crippen molar-refractivity contribution in [2.45, 2.75) is 12.8 Å². The van der Waals surface area contributed by atoms with Crippen molar-refractivity contribution < 1.29 is 14.4 Å². The zero-order valence-electron chi connectivity index (χ0n) is 18.4. The molecule has 28 heavy (non-hydrogen) atoms. The Labute approximate surface area is 169 Å². The lowest BCUT2D eigenvalue weighted by molar-refractivity contribution is -0.858. The molecule has 1 heterocycles. The molecular weight excluding hydrogens is 350 g/mol. The van der Waals surface area contributed by atoms with Gasteiger partial charge in [0.15, 0.2) is 0 Å². The molecule has 2 N–H and O–H groups in total. The average Bonchev–Trinajstić information content (AvgIpc) is 2.96. The van der Waals surface area contributed by atoms with E-state index in [1.165, 1.54) is 41.4 Å². The van der Waals surface area contributed by atoms with Crippen LogP contribution in [0.4, 0.5) is 17.3 Å². The molecule has 0 aliphatic rings. The first kappa shape index (κ1) is 22.0. The summed E-state index contributed by atoms with van der Waals surface area (Å²) >= 11 is 0. The lowest BCUT2D eigenvalue weighted by Crippen LogP contribution is -3.05. The van der Waals surface area contributed by atoms with E-state index in [2.05, 4.69) is 67.6 Å². The van der Waals surface area contributed by atoms with Crippen molar-refractivity contribution in [3.63, 3.8) is 0 Å². The fourth-order valence-corrected chi connectivity index (χ4v) is 3.17. The van der Waals surface area contributed by atoms with E-state index in [1.807, 2.05) is 35.6 Å². The maximum absolute atomic E-state index is 4.40. The molecule has 0 aliphatic carbocycles. The van der Waals surface area contributed by atoms with Gasteiger partial charge < -0.3 is 14.7 Å². The Balaban J connectivity index is 2.03. The molecule has 0 fully saturated rings. The molecule has 2 rings (SSSR count). The third kappa shape index (κ3) is 7.05. The Hall–Kier alpha value is -2.25. The lowest BCUT2D eigenvalue weighted by Gasteiger charge is -2.25. The SMILES string of the molecule is Cn1cc[n+](C)c1N=Nc1ccc(N(CCC[NH+](C)C)CCC[NH+](C)C)cc1. The normalized spacial score (nSPS) is 11.9. The number of hydrogen-bond acceptors (Lipinski definition) is 3. The predicted molar refractivity (Wildman–Crippen MR) is 114 cm³/mol. The summed E-state index contributed by atoms with van der Waals surface area (Å²) in [6.07, 6.45) is 6.34. The minimum atomic E-state index is 0.822. The van der Waals surface area contributed by atoms with E-state index in [0.717, 1.165) is 24.7 Å². The van der Waals surface area contributed by atoms with E-state index < -0.39 is 0 Å². The van der Waals surface area contributed by atoms with Crippen LogP contribution in [0.15, 0.2) is 46.9 Å². The smallest absolute Gasteiger partial charge is 0.371 e. The molecule has 0 amide bonds.